The summed E-state index contributed by atoms with van der Waals surface area (Å²) in [6.07, 6.45) is 24.3. The molecule has 0 aliphatic heterocycles. The number of methoxy groups -OCH3 is 1. The van der Waals surface area contributed by atoms with E-state index in [9.17, 15) is 9.90 Å². The normalized spacial score (nSPS) is 13.6. The Hall–Kier alpha value is -1.61. The number of aliphatic hydroxyl groups is 1. The van der Waals surface area contributed by atoms with Gasteiger partial charge in [0.1, 0.15) is 0 Å². The Morgan fingerprint density at radius 2 is 1.75 bits per heavy atom. The van der Waals surface area contributed by atoms with Gasteiger partial charge in [-0.25, -0.2) is 0 Å². The van der Waals surface area contributed by atoms with Crippen LogP contribution in [0, 0.1) is 0 Å². The van der Waals surface area contributed by atoms with Gasteiger partial charge in [-0.3, -0.25) is 4.79 Å². The molecule has 1 N–H and O–H groups in total. The van der Waals surface area contributed by atoms with Crippen molar-refractivity contribution >= 4 is 5.97 Å². The zero-order valence-electron chi connectivity index (χ0n) is 15.3. The van der Waals surface area contributed by atoms with Crippen LogP contribution in [0.5, 0.6) is 0 Å². The fourth-order valence-electron chi connectivity index (χ4n) is 2.05. The van der Waals surface area contributed by atoms with Crippen molar-refractivity contribution in [2.24, 2.45) is 0 Å². The van der Waals surface area contributed by atoms with E-state index < -0.39 is 6.10 Å². The van der Waals surface area contributed by atoms with Gasteiger partial charge in [0.2, 0.25) is 0 Å². The standard InChI is InChI=1S/C21H34O3/c1-3-4-5-6-11-14-17-20(22)18-15-12-9-7-8-10-13-16-19-21(23)24-2/h8-12,14-15,18,20,22H,3-7,13,16-17,19H2,1-2H3/b10-8-,12-9-,14-11-,18-15+/t20-/m0/s1. The molecule has 136 valence electrons. The largest absolute Gasteiger partial charge is 0.469 e. The van der Waals surface area contributed by atoms with Gasteiger partial charge < -0.3 is 9.84 Å². The second-order valence-electron chi connectivity index (χ2n) is 5.76. The van der Waals surface area contributed by atoms with Crippen LogP contribution in [-0.2, 0) is 9.53 Å². The van der Waals surface area contributed by atoms with Crippen molar-refractivity contribution in [3.8, 4) is 0 Å². The summed E-state index contributed by atoms with van der Waals surface area (Å²) >= 11 is 0. The van der Waals surface area contributed by atoms with Crippen molar-refractivity contribution < 1.29 is 14.6 Å². The molecule has 0 rings (SSSR count). The Balaban J connectivity index is 3.63. The van der Waals surface area contributed by atoms with Crippen LogP contribution >= 0.6 is 0 Å². The maximum Gasteiger partial charge on any atom is 0.305 e. The van der Waals surface area contributed by atoms with E-state index >= 15 is 0 Å². The summed E-state index contributed by atoms with van der Waals surface area (Å²) in [5.41, 5.74) is 0. The molecule has 0 heterocycles. The number of aliphatic hydroxyl groups excluding tert-OH is 1. The molecule has 0 amide bonds. The third-order valence-corrected chi connectivity index (χ3v) is 3.52. The Morgan fingerprint density at radius 3 is 2.50 bits per heavy atom. The number of carbonyl (C=O) groups is 1. The van der Waals surface area contributed by atoms with Gasteiger partial charge in [-0.2, -0.15) is 0 Å². The molecule has 1 atom stereocenters. The fraction of sp³-hybridized carbons (Fsp3) is 0.571. The maximum absolute atomic E-state index is 10.9. The molecule has 0 aliphatic carbocycles. The number of hydrogen-bond acceptors (Lipinski definition) is 3. The molecule has 0 aromatic heterocycles. The van der Waals surface area contributed by atoms with Crippen molar-refractivity contribution in [3.63, 3.8) is 0 Å². The van der Waals surface area contributed by atoms with Crippen LogP contribution in [-0.4, -0.2) is 24.3 Å². The first-order valence-corrected chi connectivity index (χ1v) is 9.08. The molecule has 0 radical (unpaired) electrons. The lowest BCUT2D eigenvalue weighted by Gasteiger charge is -1.99. The number of unbranched alkanes of at least 4 members (excludes halogenated alkanes) is 4. The highest BCUT2D eigenvalue weighted by Crippen LogP contribution is 2.02. The van der Waals surface area contributed by atoms with Crippen molar-refractivity contribution in [2.75, 3.05) is 7.11 Å². The predicted molar refractivity (Wildman–Crippen MR) is 102 cm³/mol. The van der Waals surface area contributed by atoms with Crippen molar-refractivity contribution in [1.82, 2.24) is 0 Å². The Kier molecular flexibility index (Phi) is 16.5. The molecule has 0 saturated carbocycles. The molecular weight excluding hydrogens is 300 g/mol. The van der Waals surface area contributed by atoms with Crippen LogP contribution in [0.25, 0.3) is 0 Å². The van der Waals surface area contributed by atoms with Gasteiger partial charge in [0.25, 0.3) is 0 Å². The molecule has 0 bridgehead atoms. The molecule has 0 saturated heterocycles. The minimum Gasteiger partial charge on any atom is -0.469 e. The summed E-state index contributed by atoms with van der Waals surface area (Å²) in [6, 6.07) is 0. The van der Waals surface area contributed by atoms with E-state index in [-0.39, 0.29) is 5.97 Å². The second-order valence-corrected chi connectivity index (χ2v) is 5.76. The van der Waals surface area contributed by atoms with E-state index in [4.69, 9.17) is 0 Å². The molecular formula is C21H34O3. The van der Waals surface area contributed by atoms with Gasteiger partial charge in [-0.1, -0.05) is 68.4 Å². The van der Waals surface area contributed by atoms with Gasteiger partial charge >= 0.3 is 5.97 Å². The average molecular weight is 335 g/mol. The highest BCUT2D eigenvalue weighted by Gasteiger charge is 1.96. The summed E-state index contributed by atoms with van der Waals surface area (Å²) in [5.74, 6) is -0.150. The van der Waals surface area contributed by atoms with Crippen molar-refractivity contribution in [3.05, 3.63) is 48.6 Å². The van der Waals surface area contributed by atoms with Gasteiger partial charge in [-0.15, -0.1) is 0 Å². The molecule has 0 spiro atoms. The van der Waals surface area contributed by atoms with Crippen LogP contribution < -0.4 is 0 Å². The molecule has 0 unspecified atom stereocenters. The Labute approximate surface area is 147 Å². The summed E-state index contributed by atoms with van der Waals surface area (Å²) in [5, 5.41) is 9.79. The Morgan fingerprint density at radius 1 is 1.00 bits per heavy atom. The number of allylic oxidation sites excluding steroid dienone is 6. The van der Waals surface area contributed by atoms with Crippen LogP contribution in [0.1, 0.15) is 64.7 Å². The molecule has 24 heavy (non-hydrogen) atoms. The summed E-state index contributed by atoms with van der Waals surface area (Å²) < 4.78 is 4.58. The molecule has 0 fully saturated rings. The van der Waals surface area contributed by atoms with E-state index in [1.54, 1.807) is 0 Å². The third-order valence-electron chi connectivity index (χ3n) is 3.52. The van der Waals surface area contributed by atoms with Gasteiger partial charge in [0.05, 0.1) is 13.2 Å². The smallest absolute Gasteiger partial charge is 0.305 e. The number of rotatable bonds is 14. The van der Waals surface area contributed by atoms with Crippen LogP contribution in [0.15, 0.2) is 48.6 Å². The lowest BCUT2D eigenvalue weighted by Crippen LogP contribution is -1.98. The predicted octanol–water partition coefficient (Wildman–Crippen LogP) is 5.28. The summed E-state index contributed by atoms with van der Waals surface area (Å²) in [4.78, 5) is 10.9. The number of carbonyl (C=O) groups excluding carboxylic acids is 1. The van der Waals surface area contributed by atoms with Crippen LogP contribution in [0.4, 0.5) is 0 Å². The molecule has 0 aromatic carbocycles. The van der Waals surface area contributed by atoms with Crippen molar-refractivity contribution in [1.29, 1.82) is 0 Å². The Bertz CT molecular complexity index is 405. The molecule has 0 aliphatic rings. The highest BCUT2D eigenvalue weighted by atomic mass is 16.5. The zero-order chi connectivity index (χ0) is 17.9. The van der Waals surface area contributed by atoms with Gasteiger partial charge in [0.15, 0.2) is 0 Å². The van der Waals surface area contributed by atoms with E-state index in [1.165, 1.54) is 26.4 Å². The van der Waals surface area contributed by atoms with E-state index in [0.717, 1.165) is 25.7 Å². The monoisotopic (exact) mass is 334 g/mol. The first-order chi connectivity index (χ1) is 11.7. The second kappa shape index (κ2) is 17.7. The first kappa shape index (κ1) is 22.4. The lowest BCUT2D eigenvalue weighted by atomic mass is 10.1. The zero-order valence-corrected chi connectivity index (χ0v) is 15.3. The van der Waals surface area contributed by atoms with Crippen LogP contribution in [0.3, 0.4) is 0 Å². The molecule has 3 nitrogen and oxygen atoms in total. The van der Waals surface area contributed by atoms with Gasteiger partial charge in [0, 0.05) is 6.42 Å². The minimum atomic E-state index is -0.411. The fourth-order valence-corrected chi connectivity index (χ4v) is 2.05. The summed E-state index contributed by atoms with van der Waals surface area (Å²) in [7, 11) is 1.41. The van der Waals surface area contributed by atoms with Crippen molar-refractivity contribution in [2.45, 2.75) is 70.8 Å². The topological polar surface area (TPSA) is 46.5 Å². The number of esters is 1. The maximum atomic E-state index is 10.9. The van der Waals surface area contributed by atoms with E-state index in [1.807, 2.05) is 24.3 Å². The lowest BCUT2D eigenvalue weighted by molar-refractivity contribution is -0.140. The number of ether oxygens (including phenoxy) is 1. The van der Waals surface area contributed by atoms with Crippen LogP contribution in [0.2, 0.25) is 0 Å². The number of hydrogen-bond donors (Lipinski definition) is 1. The van der Waals surface area contributed by atoms with E-state index in [2.05, 4.69) is 36.0 Å². The molecule has 0 aromatic rings. The quantitative estimate of drug-likeness (QED) is 0.203. The summed E-state index contributed by atoms with van der Waals surface area (Å²) in [6.45, 7) is 2.20. The molecule has 3 heteroatoms. The average Bonchev–Trinajstić information content (AvgIpc) is 2.59. The van der Waals surface area contributed by atoms with Gasteiger partial charge in [-0.05, 0) is 38.5 Å². The minimum absolute atomic E-state index is 0.150. The SMILES string of the molecule is CCCCC/C=C\C[C@H](O)/C=C/C=C\C/C=C\CCCC(=O)OC. The van der Waals surface area contributed by atoms with E-state index in [0.29, 0.717) is 12.8 Å². The highest BCUT2D eigenvalue weighted by molar-refractivity contribution is 5.69. The third kappa shape index (κ3) is 16.8. The first-order valence-electron chi connectivity index (χ1n) is 9.08.